The first kappa shape index (κ1) is 17.5. The molecule has 4 aromatic rings. The lowest BCUT2D eigenvalue weighted by Crippen LogP contribution is -2.13. The Labute approximate surface area is 162 Å². The lowest BCUT2D eigenvalue weighted by Gasteiger charge is -2.11. The van der Waals surface area contributed by atoms with Gasteiger partial charge in [-0.1, -0.05) is 30.3 Å². The van der Waals surface area contributed by atoms with Crippen molar-refractivity contribution in [3.05, 3.63) is 84.7 Å². The summed E-state index contributed by atoms with van der Waals surface area (Å²) >= 11 is 0. The van der Waals surface area contributed by atoms with E-state index >= 15 is 0 Å². The van der Waals surface area contributed by atoms with Gasteiger partial charge in [0.15, 0.2) is 0 Å². The number of nitrogens with zero attached hydrogens (tertiary/aromatic N) is 2. The Kier molecular flexibility index (Phi) is 4.84. The molecule has 0 bridgehead atoms. The minimum absolute atomic E-state index is 0.233. The Morgan fingerprint density at radius 2 is 1.71 bits per heavy atom. The lowest BCUT2D eigenvalue weighted by atomic mass is 10.1. The van der Waals surface area contributed by atoms with Gasteiger partial charge in [0.05, 0.1) is 24.0 Å². The maximum atomic E-state index is 12.8. The number of amides is 1. The van der Waals surface area contributed by atoms with Crippen LogP contribution in [0.4, 0.5) is 17.2 Å². The van der Waals surface area contributed by atoms with Crippen LogP contribution in [0.25, 0.3) is 10.9 Å². The molecule has 2 heterocycles. The first-order chi connectivity index (χ1) is 13.7. The molecule has 6 nitrogen and oxygen atoms in total. The molecule has 0 atom stereocenters. The third-order valence-electron chi connectivity index (χ3n) is 4.27. The van der Waals surface area contributed by atoms with Gasteiger partial charge in [0.2, 0.25) is 0 Å². The Balaban J connectivity index is 1.58. The molecule has 0 fully saturated rings. The summed E-state index contributed by atoms with van der Waals surface area (Å²) in [6.07, 6.45) is 3.30. The van der Waals surface area contributed by atoms with Crippen LogP contribution in [0.3, 0.4) is 0 Å². The van der Waals surface area contributed by atoms with E-state index in [0.29, 0.717) is 22.8 Å². The van der Waals surface area contributed by atoms with Crippen LogP contribution >= 0.6 is 0 Å². The highest BCUT2D eigenvalue weighted by molar-refractivity contribution is 6.08. The van der Waals surface area contributed by atoms with Gasteiger partial charge < -0.3 is 15.4 Å². The van der Waals surface area contributed by atoms with Crippen LogP contribution in [0.2, 0.25) is 0 Å². The number of nitrogens with one attached hydrogen (secondary N) is 2. The number of ether oxygens (including phenoxy) is 1. The van der Waals surface area contributed by atoms with Crippen molar-refractivity contribution in [3.63, 3.8) is 0 Å². The molecule has 28 heavy (non-hydrogen) atoms. The molecule has 2 aromatic heterocycles. The van der Waals surface area contributed by atoms with Crippen LogP contribution in [0, 0.1) is 0 Å². The average Bonchev–Trinajstić information content (AvgIpc) is 2.74. The van der Waals surface area contributed by atoms with Gasteiger partial charge >= 0.3 is 0 Å². The average molecular weight is 370 g/mol. The van der Waals surface area contributed by atoms with Crippen molar-refractivity contribution in [2.24, 2.45) is 0 Å². The number of methoxy groups -OCH3 is 1. The highest BCUT2D eigenvalue weighted by Crippen LogP contribution is 2.26. The summed E-state index contributed by atoms with van der Waals surface area (Å²) in [4.78, 5) is 21.4. The predicted molar refractivity (Wildman–Crippen MR) is 110 cm³/mol. The zero-order valence-corrected chi connectivity index (χ0v) is 15.2. The van der Waals surface area contributed by atoms with Crippen molar-refractivity contribution >= 4 is 34.0 Å². The first-order valence-electron chi connectivity index (χ1n) is 8.76. The summed E-state index contributed by atoms with van der Waals surface area (Å²) in [5, 5.41) is 7.08. The molecule has 0 aliphatic heterocycles. The highest BCUT2D eigenvalue weighted by Gasteiger charge is 2.11. The van der Waals surface area contributed by atoms with Gasteiger partial charge in [0, 0.05) is 23.3 Å². The van der Waals surface area contributed by atoms with E-state index in [1.165, 1.54) is 0 Å². The van der Waals surface area contributed by atoms with E-state index in [2.05, 4.69) is 20.6 Å². The largest absolute Gasteiger partial charge is 0.495 e. The normalized spacial score (nSPS) is 10.5. The number of carbonyl (C=O) groups excluding carboxylic acids is 1. The Morgan fingerprint density at radius 3 is 2.61 bits per heavy atom. The molecule has 0 saturated carbocycles. The van der Waals surface area contributed by atoms with Crippen LogP contribution < -0.4 is 15.4 Å². The Morgan fingerprint density at radius 1 is 0.893 bits per heavy atom. The van der Waals surface area contributed by atoms with Crippen molar-refractivity contribution in [3.8, 4) is 5.75 Å². The number of aromatic nitrogens is 2. The lowest BCUT2D eigenvalue weighted by molar-refractivity contribution is 0.102. The number of rotatable bonds is 5. The molecule has 2 aromatic carbocycles. The molecule has 1 amide bonds. The number of hydrogen-bond acceptors (Lipinski definition) is 5. The molecular weight excluding hydrogens is 352 g/mol. The van der Waals surface area contributed by atoms with Crippen LogP contribution in [-0.2, 0) is 0 Å². The van der Waals surface area contributed by atoms with Crippen LogP contribution in [-0.4, -0.2) is 23.0 Å². The third kappa shape index (κ3) is 3.61. The van der Waals surface area contributed by atoms with Crippen LogP contribution in [0.5, 0.6) is 5.75 Å². The molecule has 0 radical (unpaired) electrons. The molecule has 4 rings (SSSR count). The van der Waals surface area contributed by atoms with Gasteiger partial charge in [-0.2, -0.15) is 0 Å². The summed E-state index contributed by atoms with van der Waals surface area (Å²) in [7, 11) is 1.61. The van der Waals surface area contributed by atoms with Gasteiger partial charge in [-0.05, 0) is 36.4 Å². The fourth-order valence-corrected chi connectivity index (χ4v) is 2.93. The van der Waals surface area contributed by atoms with Crippen molar-refractivity contribution in [2.45, 2.75) is 0 Å². The quantitative estimate of drug-likeness (QED) is 0.535. The Hall–Kier alpha value is -3.93. The minimum Gasteiger partial charge on any atom is -0.495 e. The molecule has 6 heteroatoms. The van der Waals surface area contributed by atoms with Crippen molar-refractivity contribution in [2.75, 3.05) is 17.7 Å². The fourth-order valence-electron chi connectivity index (χ4n) is 2.93. The van der Waals surface area contributed by atoms with E-state index in [1.54, 1.807) is 31.6 Å². The van der Waals surface area contributed by atoms with E-state index in [1.807, 2.05) is 54.6 Å². The number of pyridine rings is 2. The van der Waals surface area contributed by atoms with Gasteiger partial charge in [-0.25, -0.2) is 4.98 Å². The second-order valence-corrected chi connectivity index (χ2v) is 6.09. The number of anilines is 3. The smallest absolute Gasteiger partial charge is 0.255 e. The second kappa shape index (κ2) is 7.75. The number of carbonyl (C=O) groups is 1. The number of fused-ring (bicyclic) bond motifs is 1. The molecule has 138 valence electrons. The SMILES string of the molecule is COc1ccccc1Nc1cc(C(=O)Nc2cccc3cccnc23)ccn1. The predicted octanol–water partition coefficient (Wildman–Crippen LogP) is 4.63. The summed E-state index contributed by atoms with van der Waals surface area (Å²) in [6, 6.07) is 20.4. The molecule has 0 spiro atoms. The maximum absolute atomic E-state index is 12.8. The molecule has 0 aliphatic rings. The fraction of sp³-hybridized carbons (Fsp3) is 0.0455. The summed E-state index contributed by atoms with van der Waals surface area (Å²) in [6.45, 7) is 0. The second-order valence-electron chi connectivity index (χ2n) is 6.09. The molecular formula is C22H18N4O2. The molecule has 0 saturated heterocycles. The van der Waals surface area contributed by atoms with E-state index in [0.717, 1.165) is 16.6 Å². The molecule has 0 unspecified atom stereocenters. The zero-order chi connectivity index (χ0) is 19.3. The highest BCUT2D eigenvalue weighted by atomic mass is 16.5. The standard InChI is InChI=1S/C22H18N4O2/c1-28-19-10-3-2-8-17(19)25-20-14-16(11-13-23-20)22(27)26-18-9-4-6-15-7-5-12-24-21(15)18/h2-14H,1H3,(H,23,25)(H,26,27). The van der Waals surface area contributed by atoms with Crippen LogP contribution in [0.1, 0.15) is 10.4 Å². The monoisotopic (exact) mass is 370 g/mol. The van der Waals surface area contributed by atoms with E-state index in [4.69, 9.17) is 4.74 Å². The number of hydrogen-bond donors (Lipinski definition) is 2. The van der Waals surface area contributed by atoms with Crippen molar-refractivity contribution in [1.82, 2.24) is 9.97 Å². The summed E-state index contributed by atoms with van der Waals surface area (Å²) < 4.78 is 5.34. The molecule has 2 N–H and O–H groups in total. The number of para-hydroxylation sites is 3. The zero-order valence-electron chi connectivity index (χ0n) is 15.2. The van der Waals surface area contributed by atoms with Gasteiger partial charge in [0.1, 0.15) is 11.6 Å². The van der Waals surface area contributed by atoms with E-state index in [-0.39, 0.29) is 5.91 Å². The van der Waals surface area contributed by atoms with E-state index < -0.39 is 0 Å². The van der Waals surface area contributed by atoms with Crippen molar-refractivity contribution in [1.29, 1.82) is 0 Å². The van der Waals surface area contributed by atoms with E-state index in [9.17, 15) is 4.79 Å². The van der Waals surface area contributed by atoms with Gasteiger partial charge in [-0.15, -0.1) is 0 Å². The van der Waals surface area contributed by atoms with Crippen LogP contribution in [0.15, 0.2) is 79.1 Å². The summed E-state index contributed by atoms with van der Waals surface area (Å²) in [5.74, 6) is 1.01. The summed E-state index contributed by atoms with van der Waals surface area (Å²) in [5.41, 5.74) is 2.67. The Bertz CT molecular complexity index is 1140. The first-order valence-corrected chi connectivity index (χ1v) is 8.76. The minimum atomic E-state index is -0.233. The maximum Gasteiger partial charge on any atom is 0.255 e. The third-order valence-corrected chi connectivity index (χ3v) is 4.27. The van der Waals surface area contributed by atoms with Crippen molar-refractivity contribution < 1.29 is 9.53 Å². The number of benzene rings is 2. The topological polar surface area (TPSA) is 76.1 Å². The van der Waals surface area contributed by atoms with Gasteiger partial charge in [0.25, 0.3) is 5.91 Å². The molecule has 0 aliphatic carbocycles. The van der Waals surface area contributed by atoms with Gasteiger partial charge in [-0.3, -0.25) is 9.78 Å².